The van der Waals surface area contributed by atoms with Crippen molar-refractivity contribution >= 4 is 59.0 Å². The Hall–Kier alpha value is -5.29. The van der Waals surface area contributed by atoms with Gasteiger partial charge in [0.2, 0.25) is 11.8 Å². The number of non-ortho nitro benzene ring substituents is 1. The molecule has 0 aliphatic carbocycles. The van der Waals surface area contributed by atoms with Crippen molar-refractivity contribution in [2.45, 2.75) is 43.7 Å². The Morgan fingerprint density at radius 3 is 2.34 bits per heavy atom. The molecule has 6 atom stereocenters. The summed E-state index contributed by atoms with van der Waals surface area (Å²) in [5.74, 6) is -6.18. The number of amides is 3. The van der Waals surface area contributed by atoms with Crippen molar-refractivity contribution in [2.75, 3.05) is 11.9 Å². The molecule has 5 rings (SSSR count). The van der Waals surface area contributed by atoms with Gasteiger partial charge in [0.05, 0.1) is 34.1 Å². The Bertz CT molecular complexity index is 1730. The van der Waals surface area contributed by atoms with Crippen LogP contribution in [-0.2, 0) is 19.1 Å². The summed E-state index contributed by atoms with van der Waals surface area (Å²) in [7, 11) is 0. The number of nitro groups is 1. The number of carbonyl (C=O) groups excluding carboxylic acids is 4. The van der Waals surface area contributed by atoms with E-state index in [1.807, 2.05) is 0 Å². The number of thioether (sulfide) groups is 1. The lowest BCUT2D eigenvalue weighted by molar-refractivity contribution is -0.384. The Morgan fingerprint density at radius 2 is 1.74 bits per heavy atom. The SMILES string of the molecule is CC(O)C1C(=O)N2C(C(=O)OC(=O)c3ccc([N+](=O)[O-])cc3)=C(SC3C[C@@H](C(=O)Nc4cccc(C(=O)O)c4)N(C(=O)O)C3)C(C)C12. The van der Waals surface area contributed by atoms with Gasteiger partial charge in [0, 0.05) is 40.4 Å². The van der Waals surface area contributed by atoms with Crippen LogP contribution < -0.4 is 5.32 Å². The van der Waals surface area contributed by atoms with Crippen LogP contribution in [0, 0.1) is 22.0 Å². The number of likely N-dealkylation sites (tertiary alicyclic amines) is 1. The number of β-lactam (4-membered cyclic amide) rings is 1. The van der Waals surface area contributed by atoms with E-state index in [1.165, 1.54) is 31.2 Å². The van der Waals surface area contributed by atoms with Crippen LogP contribution >= 0.6 is 11.8 Å². The van der Waals surface area contributed by atoms with Crippen molar-refractivity contribution in [3.8, 4) is 0 Å². The van der Waals surface area contributed by atoms with E-state index in [2.05, 4.69) is 5.32 Å². The van der Waals surface area contributed by atoms with Crippen molar-refractivity contribution < 1.29 is 53.7 Å². The fourth-order valence-electron chi connectivity index (χ4n) is 6.06. The molecule has 47 heavy (non-hydrogen) atoms. The molecule has 2 aromatic carbocycles. The third-order valence-corrected chi connectivity index (χ3v) is 9.78. The van der Waals surface area contributed by atoms with E-state index in [-0.39, 0.29) is 41.2 Å². The number of aromatic carboxylic acids is 1. The number of benzene rings is 2. The lowest BCUT2D eigenvalue weighted by Crippen LogP contribution is -2.63. The maximum absolute atomic E-state index is 13.5. The van der Waals surface area contributed by atoms with Gasteiger partial charge >= 0.3 is 24.0 Å². The molecule has 0 aromatic heterocycles. The number of aliphatic hydroxyl groups is 1. The summed E-state index contributed by atoms with van der Waals surface area (Å²) in [5, 5.41) is 42.3. The van der Waals surface area contributed by atoms with Crippen molar-refractivity contribution in [3.63, 3.8) is 0 Å². The molecule has 246 valence electrons. The average Bonchev–Trinajstić information content (AvgIpc) is 3.55. The van der Waals surface area contributed by atoms with Gasteiger partial charge in [-0.3, -0.25) is 24.6 Å². The molecule has 3 heterocycles. The summed E-state index contributed by atoms with van der Waals surface area (Å²) >= 11 is 1.06. The Morgan fingerprint density at radius 1 is 1.06 bits per heavy atom. The van der Waals surface area contributed by atoms with Gasteiger partial charge in [-0.15, -0.1) is 11.8 Å². The number of aliphatic hydroxyl groups excluding tert-OH is 1. The first kappa shape index (κ1) is 33.1. The molecule has 5 unspecified atom stereocenters. The second-order valence-electron chi connectivity index (χ2n) is 11.2. The minimum absolute atomic E-state index is 0.0138. The van der Waals surface area contributed by atoms with Crippen molar-refractivity contribution in [2.24, 2.45) is 11.8 Å². The number of nitro benzene ring substituents is 1. The maximum atomic E-state index is 13.5. The van der Waals surface area contributed by atoms with Crippen LogP contribution in [0.25, 0.3) is 0 Å². The van der Waals surface area contributed by atoms with Gasteiger partial charge in [-0.1, -0.05) is 13.0 Å². The summed E-state index contributed by atoms with van der Waals surface area (Å²) in [6.45, 7) is 3.00. The monoisotopic (exact) mass is 668 g/mol. The first-order valence-electron chi connectivity index (χ1n) is 14.3. The fourth-order valence-corrected chi connectivity index (χ4v) is 7.58. The Kier molecular flexibility index (Phi) is 9.04. The fraction of sp³-hybridized carbons (Fsp3) is 0.333. The molecule has 3 aliphatic heterocycles. The number of anilines is 1. The van der Waals surface area contributed by atoms with Crippen LogP contribution in [0.5, 0.6) is 0 Å². The molecular weight excluding hydrogens is 640 g/mol. The lowest BCUT2D eigenvalue weighted by Gasteiger charge is -2.46. The quantitative estimate of drug-likeness (QED) is 0.0990. The third-order valence-electron chi connectivity index (χ3n) is 8.28. The summed E-state index contributed by atoms with van der Waals surface area (Å²) in [4.78, 5) is 88.7. The number of rotatable bonds is 9. The largest absolute Gasteiger partial charge is 0.478 e. The number of ether oxygens (including phenoxy) is 1. The van der Waals surface area contributed by atoms with Crippen LogP contribution in [0.15, 0.2) is 59.1 Å². The number of carboxylic acid groups (broad SMARTS) is 2. The van der Waals surface area contributed by atoms with Gasteiger partial charge in [-0.2, -0.15) is 0 Å². The molecule has 0 spiro atoms. The number of carbonyl (C=O) groups is 6. The molecule has 3 aliphatic rings. The first-order chi connectivity index (χ1) is 22.2. The third kappa shape index (κ3) is 6.26. The van der Waals surface area contributed by atoms with E-state index >= 15 is 0 Å². The van der Waals surface area contributed by atoms with E-state index in [4.69, 9.17) is 4.74 Å². The van der Waals surface area contributed by atoms with E-state index in [0.29, 0.717) is 4.91 Å². The number of esters is 2. The van der Waals surface area contributed by atoms with Crippen molar-refractivity contribution in [1.29, 1.82) is 0 Å². The zero-order chi connectivity index (χ0) is 34.3. The summed E-state index contributed by atoms with van der Waals surface area (Å²) in [6, 6.07) is 7.95. The van der Waals surface area contributed by atoms with E-state index < -0.39 is 76.0 Å². The normalized spacial score (nSPS) is 23.9. The van der Waals surface area contributed by atoms with Crippen molar-refractivity contribution in [1.82, 2.24) is 9.80 Å². The van der Waals surface area contributed by atoms with Crippen LogP contribution in [0.3, 0.4) is 0 Å². The number of carboxylic acids is 1. The number of nitrogens with zero attached hydrogens (tertiary/aromatic N) is 3. The van der Waals surface area contributed by atoms with Gasteiger partial charge in [0.25, 0.3) is 5.69 Å². The number of nitrogens with one attached hydrogen (secondary N) is 1. The highest BCUT2D eigenvalue weighted by molar-refractivity contribution is 8.03. The van der Waals surface area contributed by atoms with Crippen LogP contribution in [0.1, 0.15) is 41.0 Å². The Labute approximate surface area is 270 Å². The zero-order valence-electron chi connectivity index (χ0n) is 24.8. The number of fused-ring (bicyclic) bond motifs is 1. The molecule has 0 saturated carbocycles. The lowest BCUT2D eigenvalue weighted by atomic mass is 9.79. The highest BCUT2D eigenvalue weighted by Crippen LogP contribution is 2.52. The number of hydrogen-bond acceptors (Lipinski definition) is 11. The van der Waals surface area contributed by atoms with Crippen LogP contribution in [0.4, 0.5) is 16.2 Å². The number of hydrogen-bond donors (Lipinski definition) is 4. The Balaban J connectivity index is 1.39. The highest BCUT2D eigenvalue weighted by atomic mass is 32.2. The smallest absolute Gasteiger partial charge is 0.408 e. The van der Waals surface area contributed by atoms with E-state index in [9.17, 15) is 54.2 Å². The van der Waals surface area contributed by atoms with Gasteiger partial charge in [-0.25, -0.2) is 19.2 Å². The molecule has 2 saturated heterocycles. The molecule has 2 aromatic rings. The molecule has 17 heteroatoms. The van der Waals surface area contributed by atoms with E-state index in [1.54, 1.807) is 6.92 Å². The topological polar surface area (TPSA) is 234 Å². The van der Waals surface area contributed by atoms with Gasteiger partial charge in [0.1, 0.15) is 11.7 Å². The zero-order valence-corrected chi connectivity index (χ0v) is 25.6. The minimum Gasteiger partial charge on any atom is -0.478 e. The molecule has 16 nitrogen and oxygen atoms in total. The summed E-state index contributed by atoms with van der Waals surface area (Å²) < 4.78 is 5.09. The summed E-state index contributed by atoms with van der Waals surface area (Å²) in [5.41, 5.74) is -0.622. The minimum atomic E-state index is -1.39. The maximum Gasteiger partial charge on any atom is 0.408 e. The predicted octanol–water partition coefficient (Wildman–Crippen LogP) is 2.54. The van der Waals surface area contributed by atoms with Gasteiger partial charge < -0.3 is 30.3 Å². The molecule has 3 amide bonds. The standard InChI is InChI=1S/C30H28N4O12S/c1-13-22-21(14(2)35)26(37)33(22)23(29(41)46-28(40)15-6-8-18(9-7-15)34(44)45)24(13)47-19-11-20(32(12-19)30(42)43)25(36)31-17-5-3-4-16(10-17)27(38)39/h3-10,13-14,19-22,35H,11-12H2,1-2H3,(H,31,36)(H,38,39)(H,42,43)/t13?,14?,19?,20-,21?,22?/m0/s1. The van der Waals surface area contributed by atoms with E-state index in [0.717, 1.165) is 45.8 Å². The molecule has 0 radical (unpaired) electrons. The molecule has 0 bridgehead atoms. The predicted molar refractivity (Wildman–Crippen MR) is 162 cm³/mol. The molecule has 2 fully saturated rings. The van der Waals surface area contributed by atoms with Gasteiger partial charge in [-0.05, 0) is 43.7 Å². The second-order valence-corrected chi connectivity index (χ2v) is 12.6. The second kappa shape index (κ2) is 12.8. The molecular formula is C30H28N4O12S. The molecule has 4 N–H and O–H groups in total. The summed E-state index contributed by atoms with van der Waals surface area (Å²) in [6.07, 6.45) is -2.46. The highest BCUT2D eigenvalue weighted by Gasteiger charge is 2.61. The van der Waals surface area contributed by atoms with Crippen LogP contribution in [-0.4, -0.2) is 95.8 Å². The first-order valence-corrected chi connectivity index (χ1v) is 15.1. The average molecular weight is 669 g/mol. The van der Waals surface area contributed by atoms with Gasteiger partial charge in [0.15, 0.2) is 0 Å². The van der Waals surface area contributed by atoms with Crippen LogP contribution in [0.2, 0.25) is 0 Å². The van der Waals surface area contributed by atoms with Crippen molar-refractivity contribution in [3.05, 3.63) is 80.4 Å².